The van der Waals surface area contributed by atoms with Crippen LogP contribution < -0.4 is 16.2 Å². The summed E-state index contributed by atoms with van der Waals surface area (Å²) < 4.78 is 12.2. The first kappa shape index (κ1) is 38.7. The smallest absolute Gasteiger partial charge is 0.198 e. The number of hydrogen-bond donors (Lipinski definition) is 1. The molecule has 2 aliphatic rings. The van der Waals surface area contributed by atoms with Crippen LogP contribution in [0, 0.1) is 13.8 Å². The Morgan fingerprint density at radius 3 is 1.90 bits per heavy atom. The number of fused-ring (bicyclic) bond motifs is 14. The Morgan fingerprint density at radius 1 is 0.507 bits per heavy atom. The number of anilines is 2. The third-order valence-corrected chi connectivity index (χ3v) is 15.9. The molecule has 3 aromatic heterocycles. The van der Waals surface area contributed by atoms with Crippen molar-refractivity contribution in [2.45, 2.75) is 65.2 Å². The van der Waals surface area contributed by atoms with Crippen LogP contribution in [0.25, 0.3) is 98.8 Å². The molecule has 0 spiro atoms. The number of benzene rings is 9. The number of nitrogens with one attached hydrogen (secondary N) is 1. The van der Waals surface area contributed by atoms with E-state index in [9.17, 15) is 0 Å². The van der Waals surface area contributed by atoms with Gasteiger partial charge in [-0.15, -0.1) is 0 Å². The molecule has 1 N–H and O–H groups in total. The van der Waals surface area contributed by atoms with Crippen LogP contribution in [0.1, 0.15) is 62.8 Å². The van der Waals surface area contributed by atoms with Gasteiger partial charge in [0.2, 0.25) is 0 Å². The molecule has 0 saturated carbocycles. The molecule has 0 fully saturated rings. The molecule has 5 heteroatoms. The number of aryl methyl sites for hydroxylation is 2. The lowest BCUT2D eigenvalue weighted by molar-refractivity contribution is 0.332. The molecule has 4 heterocycles. The van der Waals surface area contributed by atoms with Crippen LogP contribution >= 0.6 is 0 Å². The van der Waals surface area contributed by atoms with Crippen LogP contribution in [0.3, 0.4) is 0 Å². The third kappa shape index (κ3) is 5.49. The monoisotopic (exact) mass is 863 g/mol. The predicted molar refractivity (Wildman–Crippen MR) is 286 cm³/mol. The SMILES string of the molecule is Cc1ccc(Nc2cc3oc4cc5c(cc4c3cc2-c2cc(-n3c4ccccc4c4ccccc43)c3c4ccc6ccccc6c4n4c3c2Bc2cc(C)ccc2-4)C(C)(C)CCC5(C)C)cc1. The molecule has 12 aromatic rings. The second-order valence-electron chi connectivity index (χ2n) is 21.0. The summed E-state index contributed by atoms with van der Waals surface area (Å²) in [5.74, 6) is 0. The summed E-state index contributed by atoms with van der Waals surface area (Å²) in [6, 6.07) is 59.4. The highest BCUT2D eigenvalue weighted by Crippen LogP contribution is 2.50. The minimum atomic E-state index is 0.0634. The van der Waals surface area contributed by atoms with Gasteiger partial charge in [-0.25, -0.2) is 0 Å². The normalized spacial score (nSPS) is 15.0. The highest BCUT2D eigenvalue weighted by Gasteiger charge is 2.38. The summed E-state index contributed by atoms with van der Waals surface area (Å²) in [4.78, 5) is 0. The highest BCUT2D eigenvalue weighted by molar-refractivity contribution is 6.73. The molecular formula is C62H50BN3O. The Kier molecular flexibility index (Phi) is 7.83. The standard InChI is InChI=1S/C62H50BN3O/c1-35-19-23-38(24-20-35)64-50-34-56-44(45-31-47-48(33-55(45)67-56)62(5,6)28-27-61(47,3)4)30-43(50)46-32-54(65-51-17-11-9-15-40(51)41-16-10-12-18-52(41)65)57-42-25-22-37-13-7-8-14-39(37)59(42)66-53-26-21-36(2)29-49(53)63-58(46)60(57)66/h7-26,29-34,63-64H,27-28H2,1-6H3. The first-order valence-corrected chi connectivity index (χ1v) is 24.0. The van der Waals surface area contributed by atoms with Gasteiger partial charge in [0, 0.05) is 60.7 Å². The van der Waals surface area contributed by atoms with Gasteiger partial charge >= 0.3 is 0 Å². The zero-order valence-corrected chi connectivity index (χ0v) is 38.9. The van der Waals surface area contributed by atoms with E-state index < -0.39 is 0 Å². The number of nitrogens with zero attached hydrogens (tertiary/aromatic N) is 2. The van der Waals surface area contributed by atoms with Crippen molar-refractivity contribution in [3.8, 4) is 22.5 Å². The van der Waals surface area contributed by atoms with E-state index in [0.717, 1.165) is 53.6 Å². The summed E-state index contributed by atoms with van der Waals surface area (Å²) in [6.45, 7) is 14.0. The molecule has 0 unspecified atom stereocenters. The van der Waals surface area contributed by atoms with Crippen molar-refractivity contribution < 1.29 is 4.42 Å². The average molecular weight is 864 g/mol. The molecule has 0 saturated heterocycles. The minimum absolute atomic E-state index is 0.0634. The van der Waals surface area contributed by atoms with Gasteiger partial charge in [-0.1, -0.05) is 141 Å². The summed E-state index contributed by atoms with van der Waals surface area (Å²) in [5.41, 5.74) is 21.8. The van der Waals surface area contributed by atoms with E-state index in [2.05, 4.69) is 214 Å². The van der Waals surface area contributed by atoms with Crippen molar-refractivity contribution in [2.75, 3.05) is 5.32 Å². The van der Waals surface area contributed by atoms with Crippen molar-refractivity contribution in [3.63, 3.8) is 0 Å². The Balaban J connectivity index is 1.18. The van der Waals surface area contributed by atoms with Gasteiger partial charge in [0.15, 0.2) is 7.28 Å². The number of hydrogen-bond acceptors (Lipinski definition) is 2. The molecule has 322 valence electrons. The van der Waals surface area contributed by atoms with Crippen LogP contribution in [0.5, 0.6) is 0 Å². The molecule has 0 amide bonds. The molecule has 9 aromatic carbocycles. The first-order chi connectivity index (χ1) is 32.5. The maximum Gasteiger partial charge on any atom is 0.198 e. The fourth-order valence-electron chi connectivity index (χ4n) is 12.3. The Bertz CT molecular complexity index is 4070. The quantitative estimate of drug-likeness (QED) is 0.179. The molecule has 14 rings (SSSR count). The number of furan rings is 1. The van der Waals surface area contributed by atoms with E-state index in [1.165, 1.54) is 110 Å². The molecule has 67 heavy (non-hydrogen) atoms. The predicted octanol–water partition coefficient (Wildman–Crippen LogP) is 15.0. The van der Waals surface area contributed by atoms with E-state index in [0.29, 0.717) is 0 Å². The fraction of sp³-hybridized carbons (Fsp3) is 0.161. The minimum Gasteiger partial charge on any atom is -0.456 e. The summed E-state index contributed by atoms with van der Waals surface area (Å²) in [7, 11) is 0.801. The van der Waals surface area contributed by atoms with Gasteiger partial charge in [0.25, 0.3) is 0 Å². The van der Waals surface area contributed by atoms with Crippen LogP contribution in [-0.4, -0.2) is 16.4 Å². The zero-order valence-electron chi connectivity index (χ0n) is 38.9. The molecule has 4 nitrogen and oxygen atoms in total. The number of para-hydroxylation sites is 2. The first-order valence-electron chi connectivity index (χ1n) is 24.0. The molecule has 0 atom stereocenters. The molecule has 0 bridgehead atoms. The maximum absolute atomic E-state index is 7.00. The molecule has 0 radical (unpaired) electrons. The second kappa shape index (κ2) is 13.5. The van der Waals surface area contributed by atoms with E-state index in [1.54, 1.807) is 0 Å². The third-order valence-electron chi connectivity index (χ3n) is 15.9. The van der Waals surface area contributed by atoms with Crippen molar-refractivity contribution in [2.24, 2.45) is 0 Å². The summed E-state index contributed by atoms with van der Waals surface area (Å²) >= 11 is 0. The largest absolute Gasteiger partial charge is 0.456 e. The molecule has 1 aliphatic carbocycles. The summed E-state index contributed by atoms with van der Waals surface area (Å²) in [5, 5.41) is 13.8. The highest BCUT2D eigenvalue weighted by atomic mass is 16.3. The lowest BCUT2D eigenvalue weighted by Crippen LogP contribution is -2.37. The van der Waals surface area contributed by atoms with E-state index in [-0.39, 0.29) is 10.8 Å². The molecule has 1 aliphatic heterocycles. The van der Waals surface area contributed by atoms with Crippen LogP contribution in [0.2, 0.25) is 0 Å². The van der Waals surface area contributed by atoms with E-state index in [4.69, 9.17) is 4.42 Å². The van der Waals surface area contributed by atoms with Gasteiger partial charge < -0.3 is 18.9 Å². The van der Waals surface area contributed by atoms with Crippen molar-refractivity contribution >= 4 is 106 Å². The molecular weight excluding hydrogens is 814 g/mol. The number of aromatic nitrogens is 2. The van der Waals surface area contributed by atoms with Gasteiger partial charge in [0.05, 0.1) is 33.4 Å². The number of rotatable bonds is 4. The van der Waals surface area contributed by atoms with Crippen LogP contribution in [0.15, 0.2) is 162 Å². The van der Waals surface area contributed by atoms with Crippen molar-refractivity contribution in [1.82, 2.24) is 9.13 Å². The van der Waals surface area contributed by atoms with Crippen LogP contribution in [0.4, 0.5) is 11.4 Å². The van der Waals surface area contributed by atoms with Gasteiger partial charge in [0.1, 0.15) is 11.2 Å². The van der Waals surface area contributed by atoms with Crippen LogP contribution in [-0.2, 0) is 10.8 Å². The lowest BCUT2D eigenvalue weighted by atomic mass is 9.58. The Labute approximate surface area is 390 Å². The average Bonchev–Trinajstić information content (AvgIpc) is 3.99. The summed E-state index contributed by atoms with van der Waals surface area (Å²) in [6.07, 6.45) is 2.31. The van der Waals surface area contributed by atoms with Gasteiger partial charge in [-0.2, -0.15) is 0 Å². The Hall–Kier alpha value is -7.50. The van der Waals surface area contributed by atoms with Gasteiger partial charge in [-0.3, -0.25) is 0 Å². The second-order valence-corrected chi connectivity index (χ2v) is 21.0. The van der Waals surface area contributed by atoms with Gasteiger partial charge in [-0.05, 0) is 120 Å². The van der Waals surface area contributed by atoms with Crippen molar-refractivity contribution in [1.29, 1.82) is 0 Å². The topological polar surface area (TPSA) is 35.0 Å². The lowest BCUT2D eigenvalue weighted by Gasteiger charge is -2.41. The fourth-order valence-corrected chi connectivity index (χ4v) is 12.3. The zero-order chi connectivity index (χ0) is 45.1. The van der Waals surface area contributed by atoms with E-state index in [1.807, 2.05) is 0 Å². The maximum atomic E-state index is 7.00. The van der Waals surface area contributed by atoms with E-state index >= 15 is 0 Å². The Morgan fingerprint density at radius 2 is 1.15 bits per heavy atom. The van der Waals surface area contributed by atoms with Crippen molar-refractivity contribution in [3.05, 3.63) is 180 Å².